The number of hydrogen-bond donors (Lipinski definition) is 0. The van der Waals surface area contributed by atoms with Crippen LogP contribution in [0.4, 0.5) is 0 Å². The lowest BCUT2D eigenvalue weighted by Crippen LogP contribution is -2.28. The highest BCUT2D eigenvalue weighted by Gasteiger charge is 2.24. The van der Waals surface area contributed by atoms with Crippen molar-refractivity contribution in [2.24, 2.45) is 0 Å². The maximum absolute atomic E-state index is 11.5. The minimum atomic E-state index is -0.163. The normalized spacial score (nSPS) is 20.7. The van der Waals surface area contributed by atoms with Gasteiger partial charge in [0.2, 0.25) is 0 Å². The molecule has 0 N–H and O–H groups in total. The van der Waals surface area contributed by atoms with Crippen LogP contribution in [0.3, 0.4) is 0 Å². The van der Waals surface area contributed by atoms with Gasteiger partial charge in [-0.3, -0.25) is 4.79 Å². The standard InChI is InChI=1S/C10H9ClO2/c11-6-7-5-9(12)8-3-1-2-4-10(8)13-7/h1-4,7H,5-6H2/t7-/m0/s1. The van der Waals surface area contributed by atoms with Crippen LogP contribution in [0, 0.1) is 0 Å². The Morgan fingerprint density at radius 3 is 3.00 bits per heavy atom. The molecule has 0 saturated heterocycles. The van der Waals surface area contributed by atoms with E-state index in [4.69, 9.17) is 16.3 Å². The van der Waals surface area contributed by atoms with Crippen LogP contribution in [-0.4, -0.2) is 17.8 Å². The Morgan fingerprint density at radius 2 is 2.23 bits per heavy atom. The van der Waals surface area contributed by atoms with Gasteiger partial charge in [0.15, 0.2) is 5.78 Å². The van der Waals surface area contributed by atoms with Gasteiger partial charge in [-0.25, -0.2) is 0 Å². The third-order valence-electron chi connectivity index (χ3n) is 2.07. The van der Waals surface area contributed by atoms with Crippen LogP contribution in [0.5, 0.6) is 5.75 Å². The van der Waals surface area contributed by atoms with Crippen LogP contribution in [0.1, 0.15) is 16.8 Å². The van der Waals surface area contributed by atoms with Crippen LogP contribution in [-0.2, 0) is 0 Å². The van der Waals surface area contributed by atoms with Crippen molar-refractivity contribution in [3.8, 4) is 5.75 Å². The predicted molar refractivity (Wildman–Crippen MR) is 50.5 cm³/mol. The topological polar surface area (TPSA) is 26.3 Å². The number of Topliss-reactive ketones (excluding diaryl/α,β-unsaturated/α-hetero) is 1. The Bertz CT molecular complexity index is 335. The highest BCUT2D eigenvalue weighted by Crippen LogP contribution is 2.27. The summed E-state index contributed by atoms with van der Waals surface area (Å²) in [6.45, 7) is 0. The van der Waals surface area contributed by atoms with Crippen LogP contribution >= 0.6 is 11.6 Å². The molecule has 0 aromatic heterocycles. The lowest BCUT2D eigenvalue weighted by Gasteiger charge is -2.23. The Hall–Kier alpha value is -1.02. The summed E-state index contributed by atoms with van der Waals surface area (Å²) in [6.07, 6.45) is 0.226. The van der Waals surface area contributed by atoms with E-state index in [1.165, 1.54) is 0 Å². The average Bonchev–Trinajstić information content (AvgIpc) is 2.18. The SMILES string of the molecule is O=C1C[C@@H](CCl)Oc2ccccc21. The van der Waals surface area contributed by atoms with Crippen LogP contribution in [0.15, 0.2) is 24.3 Å². The van der Waals surface area contributed by atoms with E-state index in [1.54, 1.807) is 12.1 Å². The maximum Gasteiger partial charge on any atom is 0.170 e. The van der Waals surface area contributed by atoms with E-state index in [-0.39, 0.29) is 11.9 Å². The number of ketones is 1. The number of halogens is 1. The minimum Gasteiger partial charge on any atom is -0.488 e. The molecule has 0 unspecified atom stereocenters. The molecular formula is C10H9ClO2. The van der Waals surface area contributed by atoms with E-state index in [2.05, 4.69) is 0 Å². The number of fused-ring (bicyclic) bond motifs is 1. The number of para-hydroxylation sites is 1. The number of carbonyl (C=O) groups excluding carboxylic acids is 1. The van der Waals surface area contributed by atoms with Crippen molar-refractivity contribution in [2.75, 3.05) is 5.88 Å². The molecule has 1 atom stereocenters. The number of benzene rings is 1. The molecular weight excluding hydrogens is 188 g/mol. The lowest BCUT2D eigenvalue weighted by atomic mass is 10.0. The Balaban J connectivity index is 2.37. The van der Waals surface area contributed by atoms with Gasteiger partial charge in [-0.05, 0) is 12.1 Å². The molecule has 0 amide bonds. The minimum absolute atomic E-state index is 0.118. The fourth-order valence-corrected chi connectivity index (χ4v) is 1.60. The summed E-state index contributed by atoms with van der Waals surface area (Å²) in [5.41, 5.74) is 0.670. The second-order valence-corrected chi connectivity index (χ2v) is 3.33. The molecule has 0 aliphatic carbocycles. The summed E-state index contributed by atoms with van der Waals surface area (Å²) < 4.78 is 5.50. The molecule has 0 spiro atoms. The maximum atomic E-state index is 11.5. The summed E-state index contributed by atoms with van der Waals surface area (Å²) in [4.78, 5) is 11.5. The fourth-order valence-electron chi connectivity index (χ4n) is 1.42. The summed E-state index contributed by atoms with van der Waals surface area (Å²) in [7, 11) is 0. The second kappa shape index (κ2) is 3.38. The van der Waals surface area contributed by atoms with Crippen LogP contribution < -0.4 is 4.74 Å². The third-order valence-corrected chi connectivity index (χ3v) is 2.41. The Kier molecular flexibility index (Phi) is 2.23. The van der Waals surface area contributed by atoms with E-state index < -0.39 is 0 Å². The molecule has 2 nitrogen and oxygen atoms in total. The van der Waals surface area contributed by atoms with Crippen molar-refractivity contribution in [3.63, 3.8) is 0 Å². The third kappa shape index (κ3) is 1.54. The van der Waals surface area contributed by atoms with E-state index in [1.807, 2.05) is 12.1 Å². The molecule has 13 heavy (non-hydrogen) atoms. The molecule has 0 radical (unpaired) electrons. The van der Waals surface area contributed by atoms with Crippen LogP contribution in [0.25, 0.3) is 0 Å². The van der Waals surface area contributed by atoms with Crippen molar-refractivity contribution in [1.29, 1.82) is 0 Å². The molecule has 1 aliphatic rings. The largest absolute Gasteiger partial charge is 0.488 e. The van der Waals surface area contributed by atoms with Gasteiger partial charge in [0, 0.05) is 6.42 Å². The molecule has 68 valence electrons. The fraction of sp³-hybridized carbons (Fsp3) is 0.300. The molecule has 3 heteroatoms. The zero-order valence-electron chi connectivity index (χ0n) is 7.00. The van der Waals surface area contributed by atoms with Gasteiger partial charge in [-0.1, -0.05) is 12.1 Å². The van der Waals surface area contributed by atoms with Crippen molar-refractivity contribution < 1.29 is 9.53 Å². The summed E-state index contributed by atoms with van der Waals surface area (Å²) in [5, 5.41) is 0. The molecule has 1 aromatic rings. The number of carbonyl (C=O) groups is 1. The first-order chi connectivity index (χ1) is 6.31. The van der Waals surface area contributed by atoms with E-state index in [9.17, 15) is 4.79 Å². The number of ether oxygens (including phenoxy) is 1. The van der Waals surface area contributed by atoms with E-state index in [0.717, 1.165) is 0 Å². The van der Waals surface area contributed by atoms with E-state index in [0.29, 0.717) is 23.6 Å². The predicted octanol–water partition coefficient (Wildman–Crippen LogP) is 2.26. The zero-order chi connectivity index (χ0) is 9.26. The first-order valence-corrected chi connectivity index (χ1v) is 4.69. The molecule has 1 aliphatic heterocycles. The van der Waals surface area contributed by atoms with Crippen LogP contribution in [0.2, 0.25) is 0 Å². The highest BCUT2D eigenvalue weighted by atomic mass is 35.5. The van der Waals surface area contributed by atoms with Gasteiger partial charge in [-0.2, -0.15) is 0 Å². The van der Waals surface area contributed by atoms with Crippen molar-refractivity contribution in [2.45, 2.75) is 12.5 Å². The summed E-state index contributed by atoms with van der Waals surface area (Å²) in [6, 6.07) is 7.26. The lowest BCUT2D eigenvalue weighted by molar-refractivity contribution is 0.0874. The Morgan fingerprint density at radius 1 is 1.46 bits per heavy atom. The summed E-state index contributed by atoms with van der Waals surface area (Å²) in [5.74, 6) is 1.14. The molecule has 2 rings (SSSR count). The first-order valence-electron chi connectivity index (χ1n) is 4.16. The van der Waals surface area contributed by atoms with Gasteiger partial charge in [-0.15, -0.1) is 11.6 Å². The van der Waals surface area contributed by atoms with Gasteiger partial charge in [0.25, 0.3) is 0 Å². The van der Waals surface area contributed by atoms with Crippen molar-refractivity contribution in [1.82, 2.24) is 0 Å². The highest BCUT2D eigenvalue weighted by molar-refractivity contribution is 6.18. The monoisotopic (exact) mass is 196 g/mol. The van der Waals surface area contributed by atoms with Gasteiger partial charge in [0.1, 0.15) is 11.9 Å². The number of alkyl halides is 1. The Labute approximate surface area is 81.5 Å². The van der Waals surface area contributed by atoms with Crippen molar-refractivity contribution in [3.05, 3.63) is 29.8 Å². The van der Waals surface area contributed by atoms with Gasteiger partial charge in [0.05, 0.1) is 11.4 Å². The zero-order valence-corrected chi connectivity index (χ0v) is 7.75. The first kappa shape index (κ1) is 8.57. The average molecular weight is 197 g/mol. The van der Waals surface area contributed by atoms with Crippen molar-refractivity contribution >= 4 is 17.4 Å². The number of hydrogen-bond acceptors (Lipinski definition) is 2. The van der Waals surface area contributed by atoms with Gasteiger partial charge < -0.3 is 4.74 Å². The quantitative estimate of drug-likeness (QED) is 0.644. The molecule has 1 aromatic carbocycles. The second-order valence-electron chi connectivity index (χ2n) is 3.02. The molecule has 0 fully saturated rings. The summed E-state index contributed by atoms with van der Waals surface area (Å²) >= 11 is 5.63. The molecule has 0 saturated carbocycles. The van der Waals surface area contributed by atoms with E-state index >= 15 is 0 Å². The number of rotatable bonds is 1. The molecule has 1 heterocycles. The molecule has 0 bridgehead atoms. The van der Waals surface area contributed by atoms with Gasteiger partial charge >= 0.3 is 0 Å². The smallest absolute Gasteiger partial charge is 0.170 e.